The molecule has 2 atom stereocenters. The van der Waals surface area contributed by atoms with E-state index in [9.17, 15) is 4.39 Å². The molecule has 0 radical (unpaired) electrons. The number of piperidine rings is 1. The fourth-order valence-electron chi connectivity index (χ4n) is 5.67. The number of ether oxygens (including phenoxy) is 3. The molecule has 4 fully saturated rings. The Morgan fingerprint density at radius 2 is 2.00 bits per heavy atom. The van der Waals surface area contributed by atoms with E-state index in [4.69, 9.17) is 18.6 Å². The number of hydrogen-bond donors (Lipinski definition) is 0. The zero-order valence-electron chi connectivity index (χ0n) is 18.1. The van der Waals surface area contributed by atoms with Gasteiger partial charge in [0.1, 0.15) is 23.3 Å². The molecule has 0 bridgehead atoms. The molecule has 5 heterocycles. The number of halogens is 1. The molecule has 9 heteroatoms. The van der Waals surface area contributed by atoms with Crippen LogP contribution in [-0.2, 0) is 9.47 Å². The van der Waals surface area contributed by atoms with Crippen LogP contribution in [0.2, 0.25) is 0 Å². The Labute approximate surface area is 186 Å². The van der Waals surface area contributed by atoms with E-state index in [-0.39, 0.29) is 17.5 Å². The Kier molecular flexibility index (Phi) is 5.27. The van der Waals surface area contributed by atoms with E-state index < -0.39 is 0 Å². The highest BCUT2D eigenvalue weighted by Gasteiger charge is 2.52. The molecule has 172 valence electrons. The fraction of sp³-hybridized carbons (Fsp3) is 0.652. The van der Waals surface area contributed by atoms with Crippen molar-refractivity contribution in [1.29, 1.82) is 0 Å². The van der Waals surface area contributed by atoms with Crippen molar-refractivity contribution >= 4 is 6.01 Å². The Hall–Kier alpha value is -2.23. The zero-order valence-corrected chi connectivity index (χ0v) is 18.1. The van der Waals surface area contributed by atoms with Crippen LogP contribution in [0.15, 0.2) is 29.0 Å². The summed E-state index contributed by atoms with van der Waals surface area (Å²) in [7, 11) is 0. The first-order valence-electron chi connectivity index (χ1n) is 11.6. The van der Waals surface area contributed by atoms with E-state index >= 15 is 0 Å². The average Bonchev–Trinajstić information content (AvgIpc) is 3.55. The first kappa shape index (κ1) is 20.4. The zero-order chi connectivity index (χ0) is 21.5. The van der Waals surface area contributed by atoms with E-state index in [1.807, 2.05) is 0 Å². The van der Waals surface area contributed by atoms with Crippen molar-refractivity contribution in [2.24, 2.45) is 0 Å². The van der Waals surface area contributed by atoms with Gasteiger partial charge in [-0.2, -0.15) is 0 Å². The van der Waals surface area contributed by atoms with Gasteiger partial charge in [-0.1, -0.05) is 5.10 Å². The molecule has 0 amide bonds. The van der Waals surface area contributed by atoms with Gasteiger partial charge in [-0.3, -0.25) is 4.90 Å². The number of hydrogen-bond acceptors (Lipinski definition) is 8. The lowest BCUT2D eigenvalue weighted by atomic mass is 9.86. The molecule has 0 aliphatic carbocycles. The van der Waals surface area contributed by atoms with Gasteiger partial charge < -0.3 is 23.5 Å². The van der Waals surface area contributed by atoms with Crippen LogP contribution in [0, 0.1) is 5.82 Å². The van der Waals surface area contributed by atoms with Crippen LogP contribution in [-0.4, -0.2) is 78.8 Å². The molecule has 32 heavy (non-hydrogen) atoms. The molecule has 4 saturated heterocycles. The topological polar surface area (TPSA) is 73.1 Å². The van der Waals surface area contributed by atoms with Gasteiger partial charge in [0.2, 0.25) is 6.39 Å². The molecule has 4 aliphatic heterocycles. The summed E-state index contributed by atoms with van der Waals surface area (Å²) in [4.78, 5) is 4.62. The van der Waals surface area contributed by atoms with Gasteiger partial charge in [0.25, 0.3) is 0 Å². The average molecular weight is 445 g/mol. The number of aromatic nitrogens is 2. The van der Waals surface area contributed by atoms with Crippen LogP contribution < -0.4 is 9.64 Å². The van der Waals surface area contributed by atoms with E-state index in [2.05, 4.69) is 20.0 Å². The third-order valence-electron chi connectivity index (χ3n) is 7.41. The Morgan fingerprint density at radius 1 is 1.12 bits per heavy atom. The molecule has 1 spiro atoms. The summed E-state index contributed by atoms with van der Waals surface area (Å²) in [5, 5.41) is 7.74. The Balaban J connectivity index is 1.05. The molecule has 0 unspecified atom stereocenters. The third kappa shape index (κ3) is 3.86. The quantitative estimate of drug-likeness (QED) is 0.697. The van der Waals surface area contributed by atoms with E-state index in [0.717, 1.165) is 76.4 Å². The van der Waals surface area contributed by atoms with E-state index in [0.29, 0.717) is 24.6 Å². The van der Waals surface area contributed by atoms with Crippen LogP contribution in [0.4, 0.5) is 10.4 Å². The largest absolute Gasteiger partial charge is 0.488 e. The van der Waals surface area contributed by atoms with Crippen LogP contribution in [0.5, 0.6) is 5.75 Å². The summed E-state index contributed by atoms with van der Waals surface area (Å²) in [6, 6.07) is 5.95. The lowest BCUT2D eigenvalue weighted by Crippen LogP contribution is -2.62. The number of nitrogens with zero attached hydrogens (tertiary/aromatic N) is 4. The first-order valence-corrected chi connectivity index (χ1v) is 11.6. The van der Waals surface area contributed by atoms with E-state index in [1.54, 1.807) is 12.1 Å². The second-order valence-electron chi connectivity index (χ2n) is 9.53. The van der Waals surface area contributed by atoms with Gasteiger partial charge in [0.15, 0.2) is 0 Å². The molecular formula is C23H29FN4O4. The molecule has 1 aromatic heterocycles. The molecular weight excluding hydrogens is 415 g/mol. The standard InChI is InChI=1S/C23H29FN4O4/c24-17-1-2-21(32-19-5-8-29-12-19)20(9-17)16-3-6-27(7-4-16)18-10-23(31-11-18)13-28(14-23)22-26-25-15-30-22/h1-2,9,15-16,18-19H,3-8,10-14H2/t18-,19+/m0/s1. The van der Waals surface area contributed by atoms with Crippen molar-refractivity contribution < 1.29 is 23.0 Å². The van der Waals surface area contributed by atoms with Gasteiger partial charge in [-0.25, -0.2) is 4.39 Å². The van der Waals surface area contributed by atoms with E-state index in [1.165, 1.54) is 12.5 Å². The van der Waals surface area contributed by atoms with Crippen LogP contribution in [0.3, 0.4) is 0 Å². The van der Waals surface area contributed by atoms with Crippen LogP contribution in [0.1, 0.15) is 37.2 Å². The number of anilines is 1. The molecule has 0 N–H and O–H groups in total. The minimum atomic E-state index is -0.195. The summed E-state index contributed by atoms with van der Waals surface area (Å²) in [5.74, 6) is 0.936. The number of likely N-dealkylation sites (tertiary alicyclic amines) is 1. The third-order valence-corrected chi connectivity index (χ3v) is 7.41. The van der Waals surface area contributed by atoms with Gasteiger partial charge >= 0.3 is 6.01 Å². The summed E-state index contributed by atoms with van der Waals surface area (Å²) in [5.41, 5.74) is 0.910. The Morgan fingerprint density at radius 3 is 2.75 bits per heavy atom. The maximum Gasteiger partial charge on any atom is 0.318 e. The minimum Gasteiger partial charge on any atom is -0.488 e. The Bertz CT molecular complexity index is 922. The summed E-state index contributed by atoms with van der Waals surface area (Å²) < 4.78 is 37.2. The van der Waals surface area contributed by atoms with Crippen molar-refractivity contribution in [2.45, 2.75) is 49.3 Å². The van der Waals surface area contributed by atoms with Crippen molar-refractivity contribution in [1.82, 2.24) is 15.1 Å². The number of benzene rings is 1. The monoisotopic (exact) mass is 444 g/mol. The maximum atomic E-state index is 14.1. The second-order valence-corrected chi connectivity index (χ2v) is 9.53. The van der Waals surface area contributed by atoms with Crippen molar-refractivity contribution in [2.75, 3.05) is 50.9 Å². The lowest BCUT2D eigenvalue weighted by molar-refractivity contribution is -0.0216. The fourth-order valence-corrected chi connectivity index (χ4v) is 5.67. The number of rotatable bonds is 5. The predicted molar refractivity (Wildman–Crippen MR) is 113 cm³/mol. The molecule has 4 aliphatic rings. The van der Waals surface area contributed by atoms with Gasteiger partial charge in [0, 0.05) is 18.0 Å². The van der Waals surface area contributed by atoms with Gasteiger partial charge in [-0.15, -0.1) is 5.10 Å². The molecule has 0 saturated carbocycles. The predicted octanol–water partition coefficient (Wildman–Crippen LogP) is 2.60. The molecule has 8 nitrogen and oxygen atoms in total. The summed E-state index contributed by atoms with van der Waals surface area (Å²) in [6.07, 6.45) is 5.35. The molecule has 2 aromatic rings. The van der Waals surface area contributed by atoms with Gasteiger partial charge in [-0.05, 0) is 56.5 Å². The molecule has 6 rings (SSSR count). The first-order chi connectivity index (χ1) is 15.7. The van der Waals surface area contributed by atoms with Crippen LogP contribution in [0.25, 0.3) is 0 Å². The minimum absolute atomic E-state index is 0.0697. The van der Waals surface area contributed by atoms with Crippen molar-refractivity contribution in [3.05, 3.63) is 36.0 Å². The van der Waals surface area contributed by atoms with Gasteiger partial charge in [0.05, 0.1) is 32.9 Å². The lowest BCUT2D eigenvalue weighted by Gasteiger charge is -2.46. The normalized spacial score (nSPS) is 28.3. The summed E-state index contributed by atoms with van der Waals surface area (Å²) >= 11 is 0. The van der Waals surface area contributed by atoms with Crippen molar-refractivity contribution in [3.8, 4) is 5.75 Å². The maximum absolute atomic E-state index is 14.1. The van der Waals surface area contributed by atoms with Crippen molar-refractivity contribution in [3.63, 3.8) is 0 Å². The smallest absolute Gasteiger partial charge is 0.318 e. The molecule has 1 aromatic carbocycles. The highest BCUT2D eigenvalue weighted by atomic mass is 19.1. The highest BCUT2D eigenvalue weighted by Crippen LogP contribution is 2.41. The second kappa shape index (κ2) is 8.28. The summed E-state index contributed by atoms with van der Waals surface area (Å²) in [6.45, 7) is 5.70. The SMILES string of the molecule is Fc1ccc(O[C@@H]2CCOC2)c(C2CCN([C@@H]3COC4(C3)CN(c3nnco3)C4)CC2)c1. The van der Waals surface area contributed by atoms with Crippen LogP contribution >= 0.6 is 0 Å². The highest BCUT2D eigenvalue weighted by molar-refractivity contribution is 5.38.